The van der Waals surface area contributed by atoms with Crippen molar-refractivity contribution in [1.82, 2.24) is 4.89 Å². The van der Waals surface area contributed by atoms with E-state index in [0.29, 0.717) is 5.56 Å². The fourth-order valence-corrected chi connectivity index (χ4v) is 2.43. The smallest absolute Gasteiger partial charge is 0.337 e. The van der Waals surface area contributed by atoms with Gasteiger partial charge in [-0.15, -0.1) is 0 Å². The highest BCUT2D eigenvalue weighted by Crippen LogP contribution is 2.17. The van der Waals surface area contributed by atoms with Gasteiger partial charge >= 0.3 is 11.9 Å². The summed E-state index contributed by atoms with van der Waals surface area (Å²) in [6, 6.07) is 3.96. The van der Waals surface area contributed by atoms with Crippen molar-refractivity contribution in [2.75, 3.05) is 13.7 Å². The number of esters is 1. The molecule has 0 bridgehead atoms. The van der Waals surface area contributed by atoms with Crippen LogP contribution in [0.25, 0.3) is 0 Å². The van der Waals surface area contributed by atoms with Gasteiger partial charge in [0.2, 0.25) is 0 Å². The number of rotatable bonds is 6. The first kappa shape index (κ1) is 16.1. The molecular weight excluding hydrogens is 290 g/mol. The topological polar surface area (TPSA) is 119 Å². The molecule has 0 atom stereocenters. The fourth-order valence-electron chi connectivity index (χ4n) is 1.35. The summed E-state index contributed by atoms with van der Waals surface area (Å²) in [5.74, 6) is -2.01. The highest BCUT2D eigenvalue weighted by molar-refractivity contribution is 7.89. The molecule has 8 nitrogen and oxygen atoms in total. The summed E-state index contributed by atoms with van der Waals surface area (Å²) < 4.78 is 28.3. The van der Waals surface area contributed by atoms with Gasteiger partial charge in [0.25, 0.3) is 10.0 Å². The van der Waals surface area contributed by atoms with Crippen molar-refractivity contribution >= 4 is 22.0 Å². The van der Waals surface area contributed by atoms with Gasteiger partial charge in [-0.2, -0.15) is 0 Å². The summed E-state index contributed by atoms with van der Waals surface area (Å²) in [5.41, 5.74) is 0.417. The van der Waals surface area contributed by atoms with Gasteiger partial charge in [-0.3, -0.25) is 4.84 Å². The highest BCUT2D eigenvalue weighted by atomic mass is 32.2. The lowest BCUT2D eigenvalue weighted by atomic mass is 10.1. The van der Waals surface area contributed by atoms with Crippen molar-refractivity contribution < 1.29 is 32.7 Å². The maximum atomic E-state index is 11.9. The number of sulfonamides is 1. The number of methoxy groups -OCH3 is 1. The summed E-state index contributed by atoms with van der Waals surface area (Å²) in [4.78, 5) is 27.4. The van der Waals surface area contributed by atoms with Crippen LogP contribution < -0.4 is 4.89 Å². The first-order valence-corrected chi connectivity index (χ1v) is 6.80. The zero-order chi connectivity index (χ0) is 15.3. The Labute approximate surface area is 115 Å². The molecule has 0 radical (unpaired) electrons. The van der Waals surface area contributed by atoms with Crippen LogP contribution in [0, 0.1) is 6.92 Å². The lowest BCUT2D eigenvalue weighted by Gasteiger charge is -2.09. The van der Waals surface area contributed by atoms with Gasteiger partial charge in [-0.05, 0) is 24.6 Å². The SMILES string of the molecule is COC(=O)c1ccc(C)c(S(=O)(=O)NOCC(=O)O)c1. The van der Waals surface area contributed by atoms with E-state index < -0.39 is 28.6 Å². The van der Waals surface area contributed by atoms with E-state index in [0.717, 1.165) is 6.07 Å². The van der Waals surface area contributed by atoms with Crippen LogP contribution in [0.1, 0.15) is 15.9 Å². The molecular formula is C11H13NO7S. The van der Waals surface area contributed by atoms with E-state index in [4.69, 9.17) is 5.11 Å². The number of carbonyl (C=O) groups excluding carboxylic acids is 1. The Kier molecular flexibility index (Phi) is 5.19. The molecule has 0 amide bonds. The molecule has 0 fully saturated rings. The number of nitrogens with one attached hydrogen (secondary N) is 1. The maximum absolute atomic E-state index is 11.9. The van der Waals surface area contributed by atoms with Crippen LogP contribution in [0.4, 0.5) is 0 Å². The first-order chi connectivity index (χ1) is 9.27. The third kappa shape index (κ3) is 4.02. The molecule has 0 aromatic heterocycles. The molecule has 0 heterocycles. The molecule has 0 saturated carbocycles. The molecule has 1 aromatic carbocycles. The van der Waals surface area contributed by atoms with Gasteiger partial charge in [-0.25, -0.2) is 18.0 Å². The quantitative estimate of drug-likeness (QED) is 0.564. The van der Waals surface area contributed by atoms with Crippen molar-refractivity contribution in [2.45, 2.75) is 11.8 Å². The molecule has 0 unspecified atom stereocenters. The lowest BCUT2D eigenvalue weighted by Crippen LogP contribution is -2.27. The summed E-state index contributed by atoms with van der Waals surface area (Å²) in [6.45, 7) is 0.696. The van der Waals surface area contributed by atoms with Gasteiger partial charge in [-0.1, -0.05) is 11.0 Å². The number of aryl methyl sites for hydroxylation is 1. The van der Waals surface area contributed by atoms with Crippen molar-refractivity contribution in [3.63, 3.8) is 0 Å². The van der Waals surface area contributed by atoms with Crippen LogP contribution in [0.5, 0.6) is 0 Å². The van der Waals surface area contributed by atoms with Crippen LogP contribution >= 0.6 is 0 Å². The van der Waals surface area contributed by atoms with Crippen LogP contribution in [0.15, 0.2) is 23.1 Å². The molecule has 0 aliphatic carbocycles. The highest BCUT2D eigenvalue weighted by Gasteiger charge is 2.20. The Balaban J connectivity index is 3.04. The minimum atomic E-state index is -4.09. The second kappa shape index (κ2) is 6.46. The predicted octanol–water partition coefficient (Wildman–Crippen LogP) is 0.0761. The summed E-state index contributed by atoms with van der Waals surface area (Å²) in [6.07, 6.45) is 0. The Morgan fingerprint density at radius 1 is 1.35 bits per heavy atom. The molecule has 0 aliphatic heterocycles. The van der Waals surface area contributed by atoms with Crippen molar-refractivity contribution in [2.24, 2.45) is 0 Å². The van der Waals surface area contributed by atoms with Gasteiger partial charge in [0.15, 0.2) is 6.61 Å². The number of hydrogen-bond donors (Lipinski definition) is 2. The molecule has 20 heavy (non-hydrogen) atoms. The van der Waals surface area contributed by atoms with Gasteiger partial charge in [0.1, 0.15) is 0 Å². The van der Waals surface area contributed by atoms with Crippen molar-refractivity contribution in [1.29, 1.82) is 0 Å². The Bertz CT molecular complexity index is 624. The molecule has 0 spiro atoms. The lowest BCUT2D eigenvalue weighted by molar-refractivity contribution is -0.143. The monoisotopic (exact) mass is 303 g/mol. The van der Waals surface area contributed by atoms with E-state index in [1.54, 1.807) is 4.89 Å². The summed E-state index contributed by atoms with van der Waals surface area (Å²) in [5, 5.41) is 8.36. The Hall–Kier alpha value is -1.97. The molecule has 1 rings (SSSR count). The summed E-state index contributed by atoms with van der Waals surface area (Å²) >= 11 is 0. The Morgan fingerprint density at radius 2 is 2.00 bits per heavy atom. The minimum absolute atomic E-state index is 0.0525. The van der Waals surface area contributed by atoms with E-state index >= 15 is 0 Å². The number of aliphatic carboxylic acids is 1. The zero-order valence-corrected chi connectivity index (χ0v) is 11.6. The molecule has 110 valence electrons. The second-order valence-corrected chi connectivity index (χ2v) is 5.35. The van der Waals surface area contributed by atoms with Gasteiger partial charge in [0, 0.05) is 0 Å². The zero-order valence-electron chi connectivity index (χ0n) is 10.7. The number of carboxylic acids is 1. The largest absolute Gasteiger partial charge is 0.479 e. The van der Waals surface area contributed by atoms with Crippen LogP contribution in [-0.2, 0) is 24.4 Å². The molecule has 0 saturated heterocycles. The average molecular weight is 303 g/mol. The number of carbonyl (C=O) groups is 2. The third-order valence-electron chi connectivity index (χ3n) is 2.26. The van der Waals surface area contributed by atoms with E-state index in [1.807, 2.05) is 0 Å². The molecule has 1 aromatic rings. The number of ether oxygens (including phenoxy) is 1. The summed E-state index contributed by atoms with van der Waals surface area (Å²) in [7, 11) is -2.92. The maximum Gasteiger partial charge on any atom is 0.337 e. The van der Waals surface area contributed by atoms with Crippen LogP contribution in [0.2, 0.25) is 0 Å². The first-order valence-electron chi connectivity index (χ1n) is 5.32. The standard InChI is InChI=1S/C11H13NO7S/c1-7-3-4-8(11(15)18-2)5-9(7)20(16,17)12-19-6-10(13)14/h3-5,12H,6H2,1-2H3,(H,13,14). The second-order valence-electron chi connectivity index (χ2n) is 3.74. The van der Waals surface area contributed by atoms with Gasteiger partial charge < -0.3 is 9.84 Å². The molecule has 2 N–H and O–H groups in total. The normalized spacial score (nSPS) is 11.1. The predicted molar refractivity (Wildman–Crippen MR) is 66.4 cm³/mol. The number of carboxylic acid groups (broad SMARTS) is 1. The number of benzene rings is 1. The van der Waals surface area contributed by atoms with E-state index in [9.17, 15) is 18.0 Å². The fraction of sp³-hybridized carbons (Fsp3) is 0.273. The van der Waals surface area contributed by atoms with Crippen molar-refractivity contribution in [3.05, 3.63) is 29.3 Å². The average Bonchev–Trinajstić information content (AvgIpc) is 2.37. The van der Waals surface area contributed by atoms with E-state index in [1.165, 1.54) is 26.2 Å². The Morgan fingerprint density at radius 3 is 2.55 bits per heavy atom. The van der Waals surface area contributed by atoms with Crippen LogP contribution in [-0.4, -0.2) is 39.2 Å². The van der Waals surface area contributed by atoms with Gasteiger partial charge in [0.05, 0.1) is 17.6 Å². The molecule has 0 aliphatic rings. The number of hydrogen-bond acceptors (Lipinski definition) is 6. The van der Waals surface area contributed by atoms with E-state index in [-0.39, 0.29) is 10.5 Å². The molecule has 9 heteroatoms. The van der Waals surface area contributed by atoms with Crippen LogP contribution in [0.3, 0.4) is 0 Å². The minimum Gasteiger partial charge on any atom is -0.479 e. The van der Waals surface area contributed by atoms with Crippen molar-refractivity contribution in [3.8, 4) is 0 Å². The third-order valence-corrected chi connectivity index (χ3v) is 3.62. The van der Waals surface area contributed by atoms with E-state index in [2.05, 4.69) is 9.57 Å².